The highest BCUT2D eigenvalue weighted by Crippen LogP contribution is 2.34. The van der Waals surface area contributed by atoms with E-state index in [0.717, 1.165) is 10.4 Å². The van der Waals surface area contributed by atoms with Crippen LogP contribution in [0.1, 0.15) is 31.2 Å². The first-order valence-corrected chi connectivity index (χ1v) is 10.5. The van der Waals surface area contributed by atoms with Crippen LogP contribution >= 0.6 is 11.3 Å². The largest absolute Gasteiger partial charge is 0.377 e. The summed E-state index contributed by atoms with van der Waals surface area (Å²) in [5, 5.41) is 1.93. The Morgan fingerprint density at radius 2 is 1.82 bits per heavy atom. The maximum atomic E-state index is 13.2. The van der Waals surface area contributed by atoms with Gasteiger partial charge in [0, 0.05) is 18.0 Å². The molecule has 1 aromatic carbocycles. The minimum atomic E-state index is -0.237. The van der Waals surface area contributed by atoms with Gasteiger partial charge in [-0.2, -0.15) is 0 Å². The van der Waals surface area contributed by atoms with Gasteiger partial charge in [0.05, 0.1) is 24.8 Å². The van der Waals surface area contributed by atoms with Crippen molar-refractivity contribution in [2.45, 2.75) is 33.4 Å². The molecule has 6 heteroatoms. The molecule has 0 N–H and O–H groups in total. The van der Waals surface area contributed by atoms with E-state index in [4.69, 9.17) is 4.74 Å². The summed E-state index contributed by atoms with van der Waals surface area (Å²) in [6, 6.07) is 13.8. The highest BCUT2D eigenvalue weighted by molar-refractivity contribution is 7.11. The molecule has 1 aromatic heterocycles. The van der Waals surface area contributed by atoms with Gasteiger partial charge in [0.25, 0.3) is 11.8 Å². The average Bonchev–Trinajstić information content (AvgIpc) is 3.29. The van der Waals surface area contributed by atoms with Crippen molar-refractivity contribution in [2.75, 3.05) is 19.7 Å². The van der Waals surface area contributed by atoms with Crippen LogP contribution in [0.3, 0.4) is 0 Å². The number of carbonyl (C=O) groups is 2. The van der Waals surface area contributed by atoms with Crippen LogP contribution in [0.4, 0.5) is 0 Å². The molecular formula is C22H26N2O3S. The predicted molar refractivity (Wildman–Crippen MR) is 112 cm³/mol. The van der Waals surface area contributed by atoms with Gasteiger partial charge in [-0.3, -0.25) is 14.5 Å². The number of hydrogen-bond donors (Lipinski definition) is 0. The lowest BCUT2D eigenvalue weighted by molar-refractivity contribution is -0.138. The molecule has 28 heavy (non-hydrogen) atoms. The molecule has 0 saturated heterocycles. The second-order valence-corrected chi connectivity index (χ2v) is 7.83. The molecule has 1 aliphatic heterocycles. The van der Waals surface area contributed by atoms with Gasteiger partial charge in [0.15, 0.2) is 0 Å². The third-order valence-electron chi connectivity index (χ3n) is 4.59. The van der Waals surface area contributed by atoms with Gasteiger partial charge in [-0.05, 0) is 37.8 Å². The van der Waals surface area contributed by atoms with E-state index >= 15 is 0 Å². The van der Waals surface area contributed by atoms with Crippen LogP contribution in [-0.2, 0) is 20.9 Å². The summed E-state index contributed by atoms with van der Waals surface area (Å²) < 4.78 is 5.57. The first-order valence-electron chi connectivity index (χ1n) is 9.57. The van der Waals surface area contributed by atoms with E-state index in [9.17, 15) is 9.59 Å². The zero-order valence-corrected chi connectivity index (χ0v) is 17.4. The number of likely N-dealkylation sites (N-methyl/N-ethyl adjacent to an activating group) is 1. The molecule has 0 fully saturated rings. The third-order valence-corrected chi connectivity index (χ3v) is 5.48. The molecule has 1 aliphatic rings. The molecule has 0 atom stereocenters. The third kappa shape index (κ3) is 4.34. The molecule has 2 aromatic rings. The van der Waals surface area contributed by atoms with E-state index < -0.39 is 0 Å². The van der Waals surface area contributed by atoms with Crippen LogP contribution in [-0.4, -0.2) is 47.4 Å². The molecule has 0 radical (unpaired) electrons. The lowest BCUT2D eigenvalue weighted by atomic mass is 10.1. The summed E-state index contributed by atoms with van der Waals surface area (Å²) in [5.41, 5.74) is 2.09. The Kier molecular flexibility index (Phi) is 6.65. The smallest absolute Gasteiger partial charge is 0.277 e. The first kappa shape index (κ1) is 20.3. The lowest BCUT2D eigenvalue weighted by Crippen LogP contribution is -2.37. The Bertz CT molecular complexity index is 844. The van der Waals surface area contributed by atoms with Gasteiger partial charge in [-0.1, -0.05) is 36.4 Å². The maximum absolute atomic E-state index is 13.2. The number of ether oxygens (including phenoxy) is 1. The Hall–Kier alpha value is -2.44. The number of rotatable bonds is 9. The molecule has 3 rings (SSSR count). The predicted octanol–water partition coefficient (Wildman–Crippen LogP) is 3.78. The minimum Gasteiger partial charge on any atom is -0.377 e. The lowest BCUT2D eigenvalue weighted by Gasteiger charge is -2.25. The molecule has 2 heterocycles. The highest BCUT2D eigenvalue weighted by Gasteiger charge is 2.41. The van der Waals surface area contributed by atoms with Crippen LogP contribution in [0.25, 0.3) is 5.57 Å². The van der Waals surface area contributed by atoms with Gasteiger partial charge in [-0.25, -0.2) is 0 Å². The quantitative estimate of drug-likeness (QED) is 0.603. The standard InChI is InChI=1S/C22H26N2O3S/c1-4-23(15-17-9-6-5-7-10-17)20-19(18-11-8-14-28-18)21(25)24(22(20)26)12-13-27-16(2)3/h5-11,14,16H,4,12-13,15H2,1-3H3. The molecule has 0 saturated carbocycles. The van der Waals surface area contributed by atoms with Gasteiger partial charge < -0.3 is 9.64 Å². The van der Waals surface area contributed by atoms with Crippen molar-refractivity contribution in [3.05, 3.63) is 64.0 Å². The van der Waals surface area contributed by atoms with Crippen LogP contribution in [0, 0.1) is 0 Å². The van der Waals surface area contributed by atoms with Crippen LogP contribution in [0.15, 0.2) is 53.5 Å². The monoisotopic (exact) mass is 398 g/mol. The second kappa shape index (κ2) is 9.17. The summed E-state index contributed by atoms with van der Waals surface area (Å²) >= 11 is 1.48. The number of carbonyl (C=O) groups excluding carboxylic acids is 2. The number of amides is 2. The zero-order chi connectivity index (χ0) is 20.1. The molecule has 0 spiro atoms. The average molecular weight is 399 g/mol. The summed E-state index contributed by atoms with van der Waals surface area (Å²) in [7, 11) is 0. The van der Waals surface area contributed by atoms with E-state index in [1.165, 1.54) is 16.2 Å². The molecule has 0 bridgehead atoms. The zero-order valence-electron chi connectivity index (χ0n) is 16.6. The van der Waals surface area contributed by atoms with Crippen molar-refractivity contribution in [1.29, 1.82) is 0 Å². The molecular weight excluding hydrogens is 372 g/mol. The van der Waals surface area contributed by atoms with E-state index in [1.54, 1.807) is 0 Å². The Morgan fingerprint density at radius 3 is 2.43 bits per heavy atom. The summed E-state index contributed by atoms with van der Waals surface area (Å²) in [6.45, 7) is 7.69. The molecule has 2 amide bonds. The van der Waals surface area contributed by atoms with E-state index in [1.807, 2.05) is 73.5 Å². The SMILES string of the molecule is CCN(Cc1ccccc1)C1=C(c2cccs2)C(=O)N(CCOC(C)C)C1=O. The minimum absolute atomic E-state index is 0.0576. The van der Waals surface area contributed by atoms with Crippen molar-refractivity contribution < 1.29 is 14.3 Å². The van der Waals surface area contributed by atoms with E-state index in [2.05, 4.69) is 0 Å². The van der Waals surface area contributed by atoms with Crippen molar-refractivity contribution in [2.24, 2.45) is 0 Å². The van der Waals surface area contributed by atoms with Crippen LogP contribution in [0.5, 0.6) is 0 Å². The fourth-order valence-electron chi connectivity index (χ4n) is 3.24. The van der Waals surface area contributed by atoms with Crippen molar-refractivity contribution in [3.8, 4) is 0 Å². The number of nitrogens with zero attached hydrogens (tertiary/aromatic N) is 2. The molecule has 5 nitrogen and oxygen atoms in total. The fourth-order valence-corrected chi connectivity index (χ4v) is 4.00. The number of thiophene rings is 1. The number of benzene rings is 1. The van der Waals surface area contributed by atoms with Crippen molar-refractivity contribution >= 4 is 28.7 Å². The van der Waals surface area contributed by atoms with Gasteiger partial charge in [0.1, 0.15) is 5.70 Å². The van der Waals surface area contributed by atoms with Gasteiger partial charge in [0.2, 0.25) is 0 Å². The van der Waals surface area contributed by atoms with Crippen LogP contribution < -0.4 is 0 Å². The summed E-state index contributed by atoms with van der Waals surface area (Å²) in [5.74, 6) is -0.472. The Morgan fingerprint density at radius 1 is 1.07 bits per heavy atom. The van der Waals surface area contributed by atoms with Crippen LogP contribution in [0.2, 0.25) is 0 Å². The highest BCUT2D eigenvalue weighted by atomic mass is 32.1. The van der Waals surface area contributed by atoms with E-state index in [0.29, 0.717) is 31.0 Å². The summed E-state index contributed by atoms with van der Waals surface area (Å²) in [6.07, 6.45) is 0.0576. The van der Waals surface area contributed by atoms with Gasteiger partial charge in [-0.15, -0.1) is 11.3 Å². The molecule has 0 aliphatic carbocycles. The summed E-state index contributed by atoms with van der Waals surface area (Å²) in [4.78, 5) is 30.5. The number of imide groups is 1. The first-order chi connectivity index (χ1) is 13.5. The van der Waals surface area contributed by atoms with Crippen molar-refractivity contribution in [1.82, 2.24) is 9.80 Å². The molecule has 148 valence electrons. The normalized spacial score (nSPS) is 14.5. The second-order valence-electron chi connectivity index (χ2n) is 6.88. The van der Waals surface area contributed by atoms with E-state index in [-0.39, 0.29) is 24.5 Å². The maximum Gasteiger partial charge on any atom is 0.277 e. The fraction of sp³-hybridized carbons (Fsp3) is 0.364. The molecule has 0 unspecified atom stereocenters. The Labute approximate surface area is 170 Å². The van der Waals surface area contributed by atoms with Gasteiger partial charge >= 0.3 is 0 Å². The number of hydrogen-bond acceptors (Lipinski definition) is 5. The van der Waals surface area contributed by atoms with Crippen molar-refractivity contribution in [3.63, 3.8) is 0 Å². The Balaban J connectivity index is 1.93. The topological polar surface area (TPSA) is 49.9 Å².